The minimum atomic E-state index is -0.661. The van der Waals surface area contributed by atoms with Crippen LogP contribution in [0.1, 0.15) is 45.7 Å². The van der Waals surface area contributed by atoms with Gasteiger partial charge in [0.25, 0.3) is 0 Å². The average molecular weight is 231 g/mol. The molecule has 1 N–H and O–H groups in total. The van der Waals surface area contributed by atoms with Crippen LogP contribution in [0, 0.1) is 5.41 Å². The van der Waals surface area contributed by atoms with Gasteiger partial charge in [-0.05, 0) is 5.56 Å². The minimum Gasteiger partial charge on any atom is -0.371 e. The molecule has 1 aromatic rings. The molecule has 0 spiro atoms. The predicted molar refractivity (Wildman–Crippen MR) is 71.5 cm³/mol. The molecule has 2 heteroatoms. The average Bonchev–Trinajstić information content (AvgIpc) is 2.22. The first kappa shape index (κ1) is 12.3. The van der Waals surface area contributed by atoms with Crippen LogP contribution in [0.4, 0.5) is 0 Å². The summed E-state index contributed by atoms with van der Waals surface area (Å²) in [7, 11) is 0. The first-order chi connectivity index (χ1) is 7.74. The molecule has 92 valence electrons. The summed E-state index contributed by atoms with van der Waals surface area (Å²) < 4.78 is 0. The summed E-state index contributed by atoms with van der Waals surface area (Å²) in [6.07, 6.45) is -0.661. The maximum absolute atomic E-state index is 10.2. The molecule has 1 atom stereocenters. The Labute approximate surface area is 103 Å². The van der Waals surface area contributed by atoms with E-state index in [0.29, 0.717) is 0 Å². The molecule has 1 aromatic carbocycles. The van der Waals surface area contributed by atoms with Gasteiger partial charge in [-0.25, -0.2) is 0 Å². The SMILES string of the molecule is CC(C)(C)C1=NC(O)C(C)(C)c2ccccc21. The van der Waals surface area contributed by atoms with E-state index in [4.69, 9.17) is 0 Å². The Morgan fingerprint density at radius 3 is 2.35 bits per heavy atom. The maximum Gasteiger partial charge on any atom is 0.154 e. The normalized spacial score (nSPS) is 22.9. The van der Waals surface area contributed by atoms with Gasteiger partial charge in [0.1, 0.15) is 0 Å². The maximum atomic E-state index is 10.2. The fourth-order valence-electron chi connectivity index (χ4n) is 2.34. The molecule has 1 heterocycles. The molecular formula is C15H21NO. The predicted octanol–water partition coefficient (Wildman–Crippen LogP) is 3.13. The Kier molecular flexibility index (Phi) is 2.66. The van der Waals surface area contributed by atoms with E-state index >= 15 is 0 Å². The molecule has 0 amide bonds. The van der Waals surface area contributed by atoms with E-state index in [0.717, 1.165) is 5.71 Å². The standard InChI is InChI=1S/C15H21NO/c1-14(2,3)12-10-8-6-7-9-11(10)15(4,5)13(17)16-12/h6-9,13,17H,1-5H3. The molecule has 0 bridgehead atoms. The van der Waals surface area contributed by atoms with Gasteiger partial charge in [-0.15, -0.1) is 0 Å². The molecule has 0 saturated carbocycles. The third-order valence-corrected chi connectivity index (χ3v) is 3.48. The zero-order chi connectivity index (χ0) is 12.8. The van der Waals surface area contributed by atoms with Crippen LogP contribution in [-0.2, 0) is 5.41 Å². The first-order valence-electron chi connectivity index (χ1n) is 6.11. The van der Waals surface area contributed by atoms with Crippen molar-refractivity contribution in [1.82, 2.24) is 0 Å². The third kappa shape index (κ3) is 1.91. The van der Waals surface area contributed by atoms with Gasteiger partial charge in [-0.1, -0.05) is 58.9 Å². The number of fused-ring (bicyclic) bond motifs is 1. The van der Waals surface area contributed by atoms with Crippen molar-refractivity contribution < 1.29 is 5.11 Å². The van der Waals surface area contributed by atoms with Crippen LogP contribution >= 0.6 is 0 Å². The summed E-state index contributed by atoms with van der Waals surface area (Å²) >= 11 is 0. The Morgan fingerprint density at radius 2 is 1.76 bits per heavy atom. The molecule has 2 rings (SSSR count). The molecule has 0 radical (unpaired) electrons. The van der Waals surface area contributed by atoms with Crippen molar-refractivity contribution in [2.45, 2.75) is 46.3 Å². The Balaban J connectivity index is 2.68. The molecule has 0 saturated heterocycles. The lowest BCUT2D eigenvalue weighted by Gasteiger charge is -2.38. The molecule has 1 aliphatic rings. The van der Waals surface area contributed by atoms with Crippen LogP contribution < -0.4 is 0 Å². The van der Waals surface area contributed by atoms with Crippen molar-refractivity contribution in [3.05, 3.63) is 35.4 Å². The number of aliphatic hydroxyl groups is 1. The smallest absolute Gasteiger partial charge is 0.154 e. The van der Waals surface area contributed by atoms with Gasteiger partial charge in [0.15, 0.2) is 6.23 Å². The Hall–Kier alpha value is -1.15. The summed E-state index contributed by atoms with van der Waals surface area (Å²) in [5, 5.41) is 10.2. The second-order valence-electron chi connectivity index (χ2n) is 6.37. The number of hydrogen-bond acceptors (Lipinski definition) is 2. The number of aliphatic imine (C=N–C) groups is 1. The number of nitrogens with zero attached hydrogens (tertiary/aromatic N) is 1. The summed E-state index contributed by atoms with van der Waals surface area (Å²) in [4.78, 5) is 4.52. The monoisotopic (exact) mass is 231 g/mol. The second kappa shape index (κ2) is 3.67. The molecule has 1 unspecified atom stereocenters. The summed E-state index contributed by atoms with van der Waals surface area (Å²) in [5.74, 6) is 0. The highest BCUT2D eigenvalue weighted by molar-refractivity contribution is 6.06. The molecule has 0 fully saturated rings. The van der Waals surface area contributed by atoms with Crippen LogP contribution in [0.3, 0.4) is 0 Å². The van der Waals surface area contributed by atoms with Crippen molar-refractivity contribution in [1.29, 1.82) is 0 Å². The van der Waals surface area contributed by atoms with Gasteiger partial charge in [-0.3, -0.25) is 4.99 Å². The van der Waals surface area contributed by atoms with E-state index < -0.39 is 6.23 Å². The van der Waals surface area contributed by atoms with Crippen LogP contribution in [0.15, 0.2) is 29.3 Å². The highest BCUT2D eigenvalue weighted by Gasteiger charge is 2.39. The van der Waals surface area contributed by atoms with Gasteiger partial charge >= 0.3 is 0 Å². The fourth-order valence-corrected chi connectivity index (χ4v) is 2.34. The molecule has 1 aliphatic heterocycles. The summed E-state index contributed by atoms with van der Waals surface area (Å²) in [5.41, 5.74) is 3.00. The van der Waals surface area contributed by atoms with Gasteiger partial charge in [-0.2, -0.15) is 0 Å². The molecule has 2 nitrogen and oxygen atoms in total. The van der Waals surface area contributed by atoms with Crippen molar-refractivity contribution in [3.63, 3.8) is 0 Å². The van der Waals surface area contributed by atoms with E-state index in [-0.39, 0.29) is 10.8 Å². The lowest BCUT2D eigenvalue weighted by molar-refractivity contribution is 0.105. The van der Waals surface area contributed by atoms with Crippen molar-refractivity contribution in [2.24, 2.45) is 10.4 Å². The highest BCUT2D eigenvalue weighted by atomic mass is 16.3. The second-order valence-corrected chi connectivity index (χ2v) is 6.37. The zero-order valence-electron chi connectivity index (χ0n) is 11.3. The number of hydrogen-bond donors (Lipinski definition) is 1. The number of rotatable bonds is 0. The van der Waals surface area contributed by atoms with Crippen molar-refractivity contribution in [2.75, 3.05) is 0 Å². The summed E-state index contributed by atoms with van der Waals surface area (Å²) in [6.45, 7) is 10.5. The van der Waals surface area contributed by atoms with Crippen molar-refractivity contribution >= 4 is 5.71 Å². The van der Waals surface area contributed by atoms with Gasteiger partial charge in [0.05, 0.1) is 5.71 Å². The zero-order valence-corrected chi connectivity index (χ0v) is 11.3. The lowest BCUT2D eigenvalue weighted by atomic mass is 9.72. The van der Waals surface area contributed by atoms with E-state index in [1.54, 1.807) is 0 Å². The Morgan fingerprint density at radius 1 is 1.18 bits per heavy atom. The third-order valence-electron chi connectivity index (χ3n) is 3.48. The first-order valence-corrected chi connectivity index (χ1v) is 6.11. The van der Waals surface area contributed by atoms with Crippen LogP contribution in [0.2, 0.25) is 0 Å². The number of aliphatic hydroxyl groups excluding tert-OH is 1. The van der Waals surface area contributed by atoms with Gasteiger partial charge in [0.2, 0.25) is 0 Å². The van der Waals surface area contributed by atoms with Crippen LogP contribution in [0.5, 0.6) is 0 Å². The van der Waals surface area contributed by atoms with E-state index in [9.17, 15) is 5.11 Å². The molecule has 17 heavy (non-hydrogen) atoms. The molecule has 0 aliphatic carbocycles. The largest absolute Gasteiger partial charge is 0.371 e. The Bertz CT molecular complexity index is 466. The minimum absolute atomic E-state index is 0.0480. The topological polar surface area (TPSA) is 32.6 Å². The molecular weight excluding hydrogens is 210 g/mol. The quantitative estimate of drug-likeness (QED) is 0.731. The number of benzene rings is 1. The van der Waals surface area contributed by atoms with Crippen molar-refractivity contribution in [3.8, 4) is 0 Å². The van der Waals surface area contributed by atoms with Gasteiger partial charge in [0, 0.05) is 16.4 Å². The molecule has 0 aromatic heterocycles. The van der Waals surface area contributed by atoms with Gasteiger partial charge < -0.3 is 5.11 Å². The van der Waals surface area contributed by atoms with E-state index in [1.165, 1.54) is 11.1 Å². The van der Waals surface area contributed by atoms with Crippen LogP contribution in [-0.4, -0.2) is 17.0 Å². The highest BCUT2D eigenvalue weighted by Crippen LogP contribution is 2.38. The van der Waals surface area contributed by atoms with Crippen LogP contribution in [0.25, 0.3) is 0 Å². The van der Waals surface area contributed by atoms with E-state index in [1.807, 2.05) is 26.0 Å². The lowest BCUT2D eigenvalue weighted by Crippen LogP contribution is -2.41. The fraction of sp³-hybridized carbons (Fsp3) is 0.533. The van der Waals surface area contributed by atoms with E-state index in [2.05, 4.69) is 37.9 Å². The summed E-state index contributed by atoms with van der Waals surface area (Å²) in [6, 6.07) is 8.26.